The minimum absolute atomic E-state index is 0. The summed E-state index contributed by atoms with van der Waals surface area (Å²) in [5, 5.41) is 5.88. The lowest BCUT2D eigenvalue weighted by atomic mass is 10.3. The Morgan fingerprint density at radius 2 is 1.88 bits per heavy atom. The summed E-state index contributed by atoms with van der Waals surface area (Å²) in [6.45, 7) is 5.36. The molecule has 0 radical (unpaired) electrons. The summed E-state index contributed by atoms with van der Waals surface area (Å²) in [5.41, 5.74) is 0. The Morgan fingerprint density at radius 3 is 2.44 bits per heavy atom. The fraction of sp³-hybridized carbons (Fsp3) is 0.562. The Bertz CT molecular complexity index is 568. The second kappa shape index (κ2) is 11.0. The Hall–Kier alpha value is -1.78. The molecule has 1 saturated heterocycles. The lowest BCUT2D eigenvalue weighted by Gasteiger charge is -2.36. The Labute approximate surface area is 165 Å². The van der Waals surface area contributed by atoms with E-state index in [9.17, 15) is 9.59 Å². The molecule has 0 saturated carbocycles. The summed E-state index contributed by atoms with van der Waals surface area (Å²) in [6.07, 6.45) is 2.41. The Kier molecular flexibility index (Phi) is 9.32. The molecule has 2 N–H and O–H groups in total. The molecule has 0 spiro atoms. The SMILES string of the molecule is CCCNC(=O)CNC(=NC)N1CCN(C(=O)c2ccco2)CC1.I. The maximum absolute atomic E-state index is 12.2. The highest BCUT2D eigenvalue weighted by Crippen LogP contribution is 2.09. The zero-order valence-corrected chi connectivity index (χ0v) is 17.0. The average Bonchev–Trinajstić information content (AvgIpc) is 3.15. The highest BCUT2D eigenvalue weighted by Gasteiger charge is 2.25. The zero-order chi connectivity index (χ0) is 17.4. The maximum Gasteiger partial charge on any atom is 0.289 e. The van der Waals surface area contributed by atoms with Crippen LogP contribution in [0.1, 0.15) is 23.9 Å². The highest BCUT2D eigenvalue weighted by atomic mass is 127. The van der Waals surface area contributed by atoms with Gasteiger partial charge in [-0.05, 0) is 18.6 Å². The third-order valence-electron chi connectivity index (χ3n) is 3.79. The zero-order valence-electron chi connectivity index (χ0n) is 14.7. The van der Waals surface area contributed by atoms with Gasteiger partial charge in [0.15, 0.2) is 11.7 Å². The van der Waals surface area contributed by atoms with Gasteiger partial charge in [-0.25, -0.2) is 0 Å². The predicted molar refractivity (Wildman–Crippen MR) is 106 cm³/mol. The van der Waals surface area contributed by atoms with Crippen LogP contribution in [0.5, 0.6) is 0 Å². The molecule has 0 aromatic carbocycles. The third kappa shape index (κ3) is 6.22. The molecule has 2 amide bonds. The number of carbonyl (C=O) groups is 2. The fourth-order valence-electron chi connectivity index (χ4n) is 2.50. The van der Waals surface area contributed by atoms with Crippen LogP contribution in [0.15, 0.2) is 27.8 Å². The fourth-order valence-corrected chi connectivity index (χ4v) is 2.50. The van der Waals surface area contributed by atoms with Crippen molar-refractivity contribution in [3.8, 4) is 0 Å². The summed E-state index contributed by atoms with van der Waals surface area (Å²) in [6, 6.07) is 3.38. The van der Waals surface area contributed by atoms with E-state index in [-0.39, 0.29) is 42.3 Å². The first-order chi connectivity index (χ1) is 11.7. The number of nitrogens with zero attached hydrogens (tertiary/aromatic N) is 3. The summed E-state index contributed by atoms with van der Waals surface area (Å²) >= 11 is 0. The number of nitrogens with one attached hydrogen (secondary N) is 2. The molecule has 8 nitrogen and oxygen atoms in total. The van der Waals surface area contributed by atoms with E-state index in [1.54, 1.807) is 24.1 Å². The van der Waals surface area contributed by atoms with E-state index < -0.39 is 0 Å². The van der Waals surface area contributed by atoms with Crippen LogP contribution in [0.25, 0.3) is 0 Å². The number of halogens is 1. The van der Waals surface area contributed by atoms with Gasteiger partial charge in [-0.15, -0.1) is 24.0 Å². The number of rotatable bonds is 5. The Balaban J connectivity index is 0.00000312. The first kappa shape index (κ1) is 21.3. The molecule has 0 atom stereocenters. The Morgan fingerprint density at radius 1 is 1.20 bits per heavy atom. The van der Waals surface area contributed by atoms with E-state index in [0.717, 1.165) is 6.42 Å². The minimum Gasteiger partial charge on any atom is -0.459 e. The van der Waals surface area contributed by atoms with E-state index in [4.69, 9.17) is 4.42 Å². The van der Waals surface area contributed by atoms with Crippen LogP contribution in [0.2, 0.25) is 0 Å². The van der Waals surface area contributed by atoms with Crippen molar-refractivity contribution in [1.29, 1.82) is 0 Å². The van der Waals surface area contributed by atoms with Crippen LogP contribution in [-0.4, -0.2) is 73.9 Å². The van der Waals surface area contributed by atoms with Crippen molar-refractivity contribution in [1.82, 2.24) is 20.4 Å². The molecule has 1 aromatic heterocycles. The summed E-state index contributed by atoms with van der Waals surface area (Å²) in [7, 11) is 1.69. The van der Waals surface area contributed by atoms with E-state index >= 15 is 0 Å². The quantitative estimate of drug-likeness (QED) is 0.383. The molecule has 9 heteroatoms. The van der Waals surface area contributed by atoms with E-state index in [1.165, 1.54) is 6.26 Å². The van der Waals surface area contributed by atoms with Gasteiger partial charge < -0.3 is 24.9 Å². The number of guanidine groups is 1. The molecule has 0 unspecified atom stereocenters. The van der Waals surface area contributed by atoms with Gasteiger partial charge in [-0.1, -0.05) is 6.92 Å². The van der Waals surface area contributed by atoms with Gasteiger partial charge in [0.25, 0.3) is 5.91 Å². The van der Waals surface area contributed by atoms with Crippen LogP contribution >= 0.6 is 24.0 Å². The molecule has 140 valence electrons. The predicted octanol–water partition coefficient (Wildman–Crippen LogP) is 0.757. The second-order valence-electron chi connectivity index (χ2n) is 5.51. The highest BCUT2D eigenvalue weighted by molar-refractivity contribution is 14.0. The third-order valence-corrected chi connectivity index (χ3v) is 3.79. The van der Waals surface area contributed by atoms with E-state index in [2.05, 4.69) is 15.6 Å². The van der Waals surface area contributed by atoms with Gasteiger partial charge in [0.1, 0.15) is 0 Å². The molecule has 1 aliphatic rings. The lowest BCUT2D eigenvalue weighted by molar-refractivity contribution is -0.120. The van der Waals surface area contributed by atoms with Gasteiger partial charge in [0, 0.05) is 39.8 Å². The second-order valence-corrected chi connectivity index (χ2v) is 5.51. The molecule has 2 heterocycles. The first-order valence-electron chi connectivity index (χ1n) is 8.20. The molecule has 0 aliphatic carbocycles. The number of piperazine rings is 1. The van der Waals surface area contributed by atoms with Crippen molar-refractivity contribution < 1.29 is 14.0 Å². The number of furan rings is 1. The smallest absolute Gasteiger partial charge is 0.289 e. The molecule has 1 aliphatic heterocycles. The minimum atomic E-state index is -0.0958. The molecule has 1 aromatic rings. The van der Waals surface area contributed by atoms with Crippen molar-refractivity contribution in [2.45, 2.75) is 13.3 Å². The van der Waals surface area contributed by atoms with Crippen LogP contribution in [-0.2, 0) is 4.79 Å². The van der Waals surface area contributed by atoms with Crippen molar-refractivity contribution in [2.75, 3.05) is 46.3 Å². The normalized spacial score (nSPS) is 14.7. The van der Waals surface area contributed by atoms with E-state index in [0.29, 0.717) is 44.4 Å². The summed E-state index contributed by atoms with van der Waals surface area (Å²) in [5.74, 6) is 0.886. The van der Waals surface area contributed by atoms with Crippen LogP contribution in [0.3, 0.4) is 0 Å². The number of carbonyl (C=O) groups excluding carboxylic acids is 2. The van der Waals surface area contributed by atoms with Crippen molar-refractivity contribution in [3.63, 3.8) is 0 Å². The molecule has 0 bridgehead atoms. The molecular weight excluding hydrogens is 437 g/mol. The van der Waals surface area contributed by atoms with Crippen LogP contribution in [0.4, 0.5) is 0 Å². The molecule has 1 fully saturated rings. The molecular formula is C16H26IN5O3. The molecule has 2 rings (SSSR count). The number of hydrogen-bond acceptors (Lipinski definition) is 4. The summed E-state index contributed by atoms with van der Waals surface area (Å²) < 4.78 is 5.16. The maximum atomic E-state index is 12.2. The standard InChI is InChI=1S/C16H25N5O3.HI/c1-3-6-18-14(22)12-19-16(17-2)21-9-7-20(8-10-21)15(23)13-5-4-11-24-13;/h4-5,11H,3,6-10,12H2,1-2H3,(H,17,19)(H,18,22);1H. The van der Waals surface area contributed by atoms with Gasteiger partial charge in [0.2, 0.25) is 5.91 Å². The number of hydrogen-bond donors (Lipinski definition) is 2. The van der Waals surface area contributed by atoms with E-state index in [1.807, 2.05) is 11.8 Å². The van der Waals surface area contributed by atoms with Gasteiger partial charge in [0.05, 0.1) is 12.8 Å². The molecule has 25 heavy (non-hydrogen) atoms. The van der Waals surface area contributed by atoms with Crippen LogP contribution in [0, 0.1) is 0 Å². The van der Waals surface area contributed by atoms with Crippen molar-refractivity contribution in [3.05, 3.63) is 24.2 Å². The average molecular weight is 463 g/mol. The lowest BCUT2D eigenvalue weighted by Crippen LogP contribution is -2.54. The van der Waals surface area contributed by atoms with Gasteiger partial charge >= 0.3 is 0 Å². The van der Waals surface area contributed by atoms with Crippen LogP contribution < -0.4 is 10.6 Å². The van der Waals surface area contributed by atoms with Gasteiger partial charge in [-0.3, -0.25) is 14.6 Å². The van der Waals surface area contributed by atoms with Crippen molar-refractivity contribution >= 4 is 41.8 Å². The number of aliphatic imine (C=N–C) groups is 1. The summed E-state index contributed by atoms with van der Waals surface area (Å²) in [4.78, 5) is 31.9. The largest absolute Gasteiger partial charge is 0.459 e. The van der Waals surface area contributed by atoms with Gasteiger partial charge in [-0.2, -0.15) is 0 Å². The monoisotopic (exact) mass is 463 g/mol. The van der Waals surface area contributed by atoms with Crippen molar-refractivity contribution in [2.24, 2.45) is 4.99 Å². The topological polar surface area (TPSA) is 90.2 Å². The first-order valence-corrected chi connectivity index (χ1v) is 8.20. The number of amides is 2.